The number of anilines is 3. The summed E-state index contributed by atoms with van der Waals surface area (Å²) in [6, 6.07) is 15.5. The van der Waals surface area contributed by atoms with Gasteiger partial charge in [-0.1, -0.05) is 38.1 Å². The van der Waals surface area contributed by atoms with E-state index in [1.807, 2.05) is 24.3 Å². The van der Waals surface area contributed by atoms with Crippen LogP contribution in [0.5, 0.6) is 0 Å². The first-order valence-electron chi connectivity index (χ1n) is 8.71. The summed E-state index contributed by atoms with van der Waals surface area (Å²) in [5, 5.41) is 5.64. The fraction of sp³-hybridized carbons (Fsp3) is 0.190. The molecule has 0 aliphatic carbocycles. The maximum Gasteiger partial charge on any atom is 0.274 e. The minimum atomic E-state index is -0.500. The number of aryl methyl sites for hydroxylation is 1. The van der Waals surface area contributed by atoms with Gasteiger partial charge in [0.25, 0.3) is 5.91 Å². The number of rotatable bonds is 5. The molecule has 138 valence electrons. The first-order chi connectivity index (χ1) is 12.9. The van der Waals surface area contributed by atoms with Crippen molar-refractivity contribution in [2.75, 3.05) is 10.6 Å². The first kappa shape index (κ1) is 18.5. The summed E-state index contributed by atoms with van der Waals surface area (Å²) in [6.07, 6.45) is 0. The molecule has 0 unspecified atom stereocenters. The molecule has 0 saturated heterocycles. The quantitative estimate of drug-likeness (QED) is 0.665. The van der Waals surface area contributed by atoms with E-state index in [2.05, 4.69) is 34.4 Å². The van der Waals surface area contributed by atoms with E-state index < -0.39 is 11.7 Å². The van der Waals surface area contributed by atoms with Crippen molar-refractivity contribution in [2.24, 2.45) is 0 Å². The Balaban J connectivity index is 1.79. The second kappa shape index (κ2) is 7.95. The second-order valence-corrected chi connectivity index (χ2v) is 6.55. The number of para-hydroxylation sites is 1. The minimum absolute atomic E-state index is 0.109. The normalized spacial score (nSPS) is 10.7. The van der Waals surface area contributed by atoms with Crippen molar-refractivity contribution in [3.8, 4) is 0 Å². The van der Waals surface area contributed by atoms with Crippen LogP contribution >= 0.6 is 0 Å². The number of hydrogen-bond donors (Lipinski definition) is 2. The number of carbonyl (C=O) groups excluding carboxylic acids is 1. The Morgan fingerprint density at radius 1 is 1.04 bits per heavy atom. The molecular formula is C21H21FN4O. The molecule has 0 atom stereocenters. The molecular weight excluding hydrogens is 343 g/mol. The number of hydrogen-bond acceptors (Lipinski definition) is 4. The number of halogens is 1. The number of carbonyl (C=O) groups is 1. The van der Waals surface area contributed by atoms with Gasteiger partial charge in [-0.3, -0.25) is 4.79 Å². The van der Waals surface area contributed by atoms with Crippen molar-refractivity contribution in [1.29, 1.82) is 0 Å². The van der Waals surface area contributed by atoms with Crippen LogP contribution in [0.2, 0.25) is 0 Å². The molecule has 2 N–H and O–H groups in total. The largest absolute Gasteiger partial charge is 0.324 e. The van der Waals surface area contributed by atoms with E-state index in [0.717, 1.165) is 5.69 Å². The molecule has 3 aromatic rings. The van der Waals surface area contributed by atoms with Gasteiger partial charge in [0.05, 0.1) is 5.69 Å². The number of benzene rings is 2. The van der Waals surface area contributed by atoms with E-state index in [1.165, 1.54) is 17.7 Å². The average Bonchev–Trinajstić information content (AvgIpc) is 2.63. The van der Waals surface area contributed by atoms with Crippen LogP contribution in [0.15, 0.2) is 54.6 Å². The SMILES string of the molecule is Cc1cc(C(=O)Nc2ccccc2F)nc(Nc2ccc(C(C)C)cc2)n1. The van der Waals surface area contributed by atoms with Crippen molar-refractivity contribution in [1.82, 2.24) is 9.97 Å². The van der Waals surface area contributed by atoms with E-state index >= 15 is 0 Å². The minimum Gasteiger partial charge on any atom is -0.324 e. The molecule has 27 heavy (non-hydrogen) atoms. The summed E-state index contributed by atoms with van der Waals surface area (Å²) in [6.45, 7) is 6.04. The first-order valence-corrected chi connectivity index (χ1v) is 8.71. The van der Waals surface area contributed by atoms with Gasteiger partial charge in [0.2, 0.25) is 5.95 Å². The monoisotopic (exact) mass is 364 g/mol. The van der Waals surface area contributed by atoms with Crippen LogP contribution in [0, 0.1) is 12.7 Å². The molecule has 1 heterocycles. The molecule has 0 fully saturated rings. The molecule has 0 aliphatic rings. The average molecular weight is 364 g/mol. The summed E-state index contributed by atoms with van der Waals surface area (Å²) < 4.78 is 13.7. The molecule has 0 bridgehead atoms. The fourth-order valence-electron chi connectivity index (χ4n) is 2.57. The Hall–Kier alpha value is -3.28. The lowest BCUT2D eigenvalue weighted by Crippen LogP contribution is -2.16. The number of amides is 1. The molecule has 3 rings (SSSR count). The lowest BCUT2D eigenvalue weighted by molar-refractivity contribution is 0.102. The number of aromatic nitrogens is 2. The smallest absolute Gasteiger partial charge is 0.274 e. The second-order valence-electron chi connectivity index (χ2n) is 6.55. The molecule has 6 heteroatoms. The van der Waals surface area contributed by atoms with Gasteiger partial charge >= 0.3 is 0 Å². The van der Waals surface area contributed by atoms with E-state index in [1.54, 1.807) is 25.1 Å². The highest BCUT2D eigenvalue weighted by atomic mass is 19.1. The summed E-state index contributed by atoms with van der Waals surface area (Å²) in [5.74, 6) is -0.238. The zero-order chi connectivity index (χ0) is 19.4. The highest BCUT2D eigenvalue weighted by molar-refractivity contribution is 6.03. The highest BCUT2D eigenvalue weighted by Gasteiger charge is 2.13. The maximum absolute atomic E-state index is 13.7. The van der Waals surface area contributed by atoms with Crippen LogP contribution in [0.3, 0.4) is 0 Å². The third-order valence-corrected chi connectivity index (χ3v) is 4.04. The number of nitrogens with zero attached hydrogens (tertiary/aromatic N) is 2. The fourth-order valence-corrected chi connectivity index (χ4v) is 2.57. The van der Waals surface area contributed by atoms with Crippen molar-refractivity contribution in [2.45, 2.75) is 26.7 Å². The predicted octanol–water partition coefficient (Wildman–Crippen LogP) is 5.04. The third kappa shape index (κ3) is 4.67. The van der Waals surface area contributed by atoms with E-state index in [0.29, 0.717) is 17.6 Å². The summed E-state index contributed by atoms with van der Waals surface area (Å²) in [5.41, 5.74) is 2.95. The molecule has 1 aromatic heterocycles. The van der Waals surface area contributed by atoms with Crippen molar-refractivity contribution < 1.29 is 9.18 Å². The molecule has 2 aromatic carbocycles. The van der Waals surface area contributed by atoms with Gasteiger partial charge in [0.15, 0.2) is 0 Å². The highest BCUT2D eigenvalue weighted by Crippen LogP contribution is 2.20. The van der Waals surface area contributed by atoms with E-state index in [9.17, 15) is 9.18 Å². The molecule has 0 spiro atoms. The van der Waals surface area contributed by atoms with Gasteiger partial charge in [-0.15, -0.1) is 0 Å². The maximum atomic E-state index is 13.7. The van der Waals surface area contributed by atoms with Crippen molar-refractivity contribution in [3.63, 3.8) is 0 Å². The molecule has 1 amide bonds. The Labute approximate surface area is 157 Å². The lowest BCUT2D eigenvalue weighted by Gasteiger charge is -2.10. The molecule has 0 saturated carbocycles. The van der Waals surface area contributed by atoms with Gasteiger partial charge in [-0.2, -0.15) is 0 Å². The Kier molecular flexibility index (Phi) is 5.45. The molecule has 0 aliphatic heterocycles. The lowest BCUT2D eigenvalue weighted by atomic mass is 10.0. The summed E-state index contributed by atoms with van der Waals surface area (Å²) in [7, 11) is 0. The standard InChI is InChI=1S/C21H21FN4O/c1-13(2)15-8-10-16(11-9-15)24-21-23-14(3)12-19(26-21)20(27)25-18-7-5-4-6-17(18)22/h4-13H,1-3H3,(H,25,27)(H,23,24,26). The van der Waals surface area contributed by atoms with E-state index in [4.69, 9.17) is 0 Å². The predicted molar refractivity (Wildman–Crippen MR) is 105 cm³/mol. The van der Waals surface area contributed by atoms with Gasteiger partial charge in [0, 0.05) is 11.4 Å². The van der Waals surface area contributed by atoms with Crippen LogP contribution in [-0.4, -0.2) is 15.9 Å². The van der Waals surface area contributed by atoms with Gasteiger partial charge < -0.3 is 10.6 Å². The Morgan fingerprint density at radius 2 is 1.74 bits per heavy atom. The van der Waals surface area contributed by atoms with Crippen LogP contribution < -0.4 is 10.6 Å². The summed E-state index contributed by atoms with van der Waals surface area (Å²) >= 11 is 0. The van der Waals surface area contributed by atoms with Crippen LogP contribution in [-0.2, 0) is 0 Å². The van der Waals surface area contributed by atoms with Crippen LogP contribution in [0.1, 0.15) is 41.5 Å². The third-order valence-electron chi connectivity index (χ3n) is 4.04. The van der Waals surface area contributed by atoms with Crippen LogP contribution in [0.4, 0.5) is 21.7 Å². The van der Waals surface area contributed by atoms with Gasteiger partial charge in [-0.25, -0.2) is 14.4 Å². The Morgan fingerprint density at radius 3 is 2.41 bits per heavy atom. The zero-order valence-corrected chi connectivity index (χ0v) is 15.5. The van der Waals surface area contributed by atoms with Crippen molar-refractivity contribution in [3.05, 3.63) is 77.4 Å². The molecule has 5 nitrogen and oxygen atoms in total. The number of nitrogens with one attached hydrogen (secondary N) is 2. The van der Waals surface area contributed by atoms with Gasteiger partial charge in [0.1, 0.15) is 11.5 Å². The topological polar surface area (TPSA) is 66.9 Å². The van der Waals surface area contributed by atoms with Gasteiger partial charge in [-0.05, 0) is 48.7 Å². The van der Waals surface area contributed by atoms with Crippen LogP contribution in [0.25, 0.3) is 0 Å². The zero-order valence-electron chi connectivity index (χ0n) is 15.5. The Bertz CT molecular complexity index is 955. The van der Waals surface area contributed by atoms with Crippen molar-refractivity contribution >= 4 is 23.2 Å². The summed E-state index contributed by atoms with van der Waals surface area (Å²) in [4.78, 5) is 21.0. The van der Waals surface area contributed by atoms with E-state index in [-0.39, 0.29) is 11.4 Å². The molecule has 0 radical (unpaired) electrons.